The van der Waals surface area contributed by atoms with Crippen LogP contribution in [0.5, 0.6) is 0 Å². The third kappa shape index (κ3) is 6.68. The molecule has 0 radical (unpaired) electrons. The molecule has 5 N–H and O–H groups in total. The highest BCUT2D eigenvalue weighted by Gasteiger charge is 2.71. The van der Waals surface area contributed by atoms with Crippen molar-refractivity contribution in [2.24, 2.45) is 57.2 Å². The highest BCUT2D eigenvalue weighted by Crippen LogP contribution is 2.71. The molecule has 5 saturated carbocycles. The standard InChI is InChI=1S/C46H71N3O5S2/c1-28-34-18-30(46(54)36-20-38(51)40-32(24-47-6)41(53)39(52)23-43(40,4)33(36)11-15-44(34,46)5)25-55-56-26-31(49-17-16-48-27-49)22-42(2,3)35(19-37(28)50)29-10-9-14-45(21-29)12-7-8-13-45/h16-17,20,27-28,30-34,37,39-41,47,50,52-54H,7-15,18-19,21-26H2,1-6H3/b35-29+/t28-,30+,31-,32-,33-,34+,37+,39-,40-,41+,43+,44+,46+/m0/s1. The zero-order chi connectivity index (χ0) is 39.8. The topological polar surface area (TPSA) is 128 Å². The van der Waals surface area contributed by atoms with Crippen LogP contribution in [0.25, 0.3) is 0 Å². The van der Waals surface area contributed by atoms with Crippen LogP contribution in [0.3, 0.4) is 0 Å². The third-order valence-corrected chi connectivity index (χ3v) is 20.2. The van der Waals surface area contributed by atoms with Crippen molar-refractivity contribution in [3.05, 3.63) is 41.5 Å². The first-order chi connectivity index (χ1) is 26.6. The molecule has 10 heteroatoms. The Bertz CT molecular complexity index is 1670. The van der Waals surface area contributed by atoms with Gasteiger partial charge in [-0.15, -0.1) is 0 Å². The Morgan fingerprint density at radius 1 is 0.982 bits per heavy atom. The van der Waals surface area contributed by atoms with Crippen molar-refractivity contribution in [3.8, 4) is 0 Å². The maximum absolute atomic E-state index is 14.5. The fourth-order valence-electron chi connectivity index (χ4n) is 14.8. The van der Waals surface area contributed by atoms with Crippen LogP contribution >= 0.6 is 21.6 Å². The number of carbonyl (C=O) groups is 1. The summed E-state index contributed by atoms with van der Waals surface area (Å²) < 4.78 is 2.29. The van der Waals surface area contributed by atoms with Gasteiger partial charge in [-0.05, 0) is 130 Å². The maximum atomic E-state index is 14.5. The molecule has 8 rings (SSSR count). The van der Waals surface area contributed by atoms with Gasteiger partial charge in [-0.1, -0.05) is 80.2 Å². The molecule has 1 aromatic heterocycles. The molecule has 1 aromatic rings. The Hall–Kier alpha value is -1.14. The number of ketones is 1. The van der Waals surface area contributed by atoms with Crippen molar-refractivity contribution in [2.45, 2.75) is 154 Å². The molecule has 1 saturated heterocycles. The lowest BCUT2D eigenvalue weighted by Gasteiger charge is -2.62. The second kappa shape index (κ2) is 15.4. The molecule has 6 fully saturated rings. The average Bonchev–Trinajstić information content (AvgIpc) is 3.90. The molecule has 6 aliphatic carbocycles. The van der Waals surface area contributed by atoms with Crippen molar-refractivity contribution < 1.29 is 25.2 Å². The summed E-state index contributed by atoms with van der Waals surface area (Å²) in [5, 5.41) is 52.1. The quantitative estimate of drug-likeness (QED) is 0.153. The molecular weight excluding hydrogens is 739 g/mol. The fourth-order valence-corrected chi connectivity index (χ4v) is 17.6. The van der Waals surface area contributed by atoms with E-state index in [9.17, 15) is 25.2 Å². The summed E-state index contributed by atoms with van der Waals surface area (Å²) >= 11 is 0. The molecule has 56 heavy (non-hydrogen) atoms. The van der Waals surface area contributed by atoms with Crippen LogP contribution in [-0.2, 0) is 4.79 Å². The van der Waals surface area contributed by atoms with E-state index >= 15 is 0 Å². The van der Waals surface area contributed by atoms with Gasteiger partial charge in [0.15, 0.2) is 5.78 Å². The van der Waals surface area contributed by atoms with E-state index in [0.717, 1.165) is 49.2 Å². The minimum Gasteiger partial charge on any atom is -0.393 e. The number of nitrogens with zero attached hydrogens (tertiary/aromatic N) is 2. The lowest BCUT2D eigenvalue weighted by atomic mass is 9.44. The zero-order valence-electron chi connectivity index (χ0n) is 35.0. The van der Waals surface area contributed by atoms with Crippen LogP contribution in [0, 0.1) is 57.2 Å². The summed E-state index contributed by atoms with van der Waals surface area (Å²) in [7, 11) is 5.60. The van der Waals surface area contributed by atoms with Gasteiger partial charge in [0, 0.05) is 59.7 Å². The van der Waals surface area contributed by atoms with E-state index in [-0.39, 0.29) is 40.9 Å². The van der Waals surface area contributed by atoms with Crippen molar-refractivity contribution in [1.82, 2.24) is 14.9 Å². The number of allylic oxidation sites excluding steroid dienone is 2. The number of aromatic nitrogens is 2. The molecular formula is C46H71N3O5S2. The number of fused-ring (bicyclic) bond motifs is 9. The second-order valence-corrected chi connectivity index (χ2v) is 23.6. The Labute approximate surface area is 344 Å². The van der Waals surface area contributed by atoms with Gasteiger partial charge in [0.2, 0.25) is 0 Å². The number of aliphatic hydroxyl groups excluding tert-OH is 3. The Balaban J connectivity index is 1.19. The zero-order valence-corrected chi connectivity index (χ0v) is 36.6. The van der Waals surface area contributed by atoms with E-state index in [0.29, 0.717) is 24.8 Å². The Morgan fingerprint density at radius 2 is 1.71 bits per heavy atom. The van der Waals surface area contributed by atoms with Gasteiger partial charge < -0.3 is 30.3 Å². The number of imidazole rings is 1. The van der Waals surface area contributed by atoms with Gasteiger partial charge in [-0.2, -0.15) is 0 Å². The van der Waals surface area contributed by atoms with Crippen molar-refractivity contribution in [3.63, 3.8) is 0 Å². The summed E-state index contributed by atoms with van der Waals surface area (Å²) in [6, 6.07) is 0.236. The fraction of sp³-hybridized carbons (Fsp3) is 0.826. The lowest BCUT2D eigenvalue weighted by Crippen LogP contribution is -2.65. The first kappa shape index (κ1) is 41.6. The number of hydrogen-bond donors (Lipinski definition) is 5. The van der Waals surface area contributed by atoms with Gasteiger partial charge in [0.05, 0.1) is 30.2 Å². The largest absolute Gasteiger partial charge is 0.393 e. The van der Waals surface area contributed by atoms with E-state index in [4.69, 9.17) is 0 Å². The molecule has 1 aliphatic heterocycles. The summed E-state index contributed by atoms with van der Waals surface area (Å²) in [6.45, 7) is 12.0. The first-order valence-electron chi connectivity index (χ1n) is 22.2. The van der Waals surface area contributed by atoms with Crippen LogP contribution in [0.2, 0.25) is 0 Å². The van der Waals surface area contributed by atoms with Crippen LogP contribution in [0.1, 0.15) is 131 Å². The van der Waals surface area contributed by atoms with Crippen LogP contribution in [-0.4, -0.2) is 84.8 Å². The maximum Gasteiger partial charge on any atom is 0.159 e. The molecule has 0 amide bonds. The molecule has 312 valence electrons. The highest BCUT2D eigenvalue weighted by atomic mass is 33.1. The Kier molecular flexibility index (Phi) is 11.4. The number of aliphatic hydroxyl groups is 4. The smallest absolute Gasteiger partial charge is 0.159 e. The summed E-state index contributed by atoms with van der Waals surface area (Å²) in [5.41, 5.74) is 1.98. The number of carbonyl (C=O) groups excluding carboxylic acids is 1. The number of nitrogens with one attached hydrogen (secondary N) is 1. The number of rotatable bonds is 3. The predicted octanol–water partition coefficient (Wildman–Crippen LogP) is 7.93. The second-order valence-electron chi connectivity index (χ2n) is 21.1. The summed E-state index contributed by atoms with van der Waals surface area (Å²) in [4.78, 5) is 19.0. The molecule has 0 aromatic carbocycles. The van der Waals surface area contributed by atoms with E-state index in [1.807, 2.05) is 47.2 Å². The van der Waals surface area contributed by atoms with Crippen LogP contribution in [0.15, 0.2) is 41.5 Å². The monoisotopic (exact) mass is 809 g/mol. The summed E-state index contributed by atoms with van der Waals surface area (Å²) in [6.07, 6.45) is 20.0. The lowest BCUT2D eigenvalue weighted by molar-refractivity contribution is -0.172. The van der Waals surface area contributed by atoms with Crippen molar-refractivity contribution in [2.75, 3.05) is 25.1 Å². The molecule has 7 aliphatic rings. The van der Waals surface area contributed by atoms with Gasteiger partial charge in [0.25, 0.3) is 0 Å². The SMILES string of the molecule is CNC[C@@H]1[C@@H](O)[C@@H](O)C[C@@]2(C)[C@@H]1C(=O)C=C1[C@@H]2CC[C@]2(C)[C@@H]3C[C@H](CSSC[C@@H](n4ccnc4)CC(C)(C)/C(=C4\CCCC5(CCCC5)C4)C[C@@H](O)[C@H]3C)[C@@]12O. The van der Waals surface area contributed by atoms with Gasteiger partial charge in [0.1, 0.15) is 0 Å². The normalized spacial score (nSPS) is 46.8. The van der Waals surface area contributed by atoms with Crippen molar-refractivity contribution in [1.29, 1.82) is 0 Å². The molecule has 13 atom stereocenters. The summed E-state index contributed by atoms with van der Waals surface area (Å²) in [5.74, 6) is 0.744. The third-order valence-electron chi connectivity index (χ3n) is 17.7. The van der Waals surface area contributed by atoms with Gasteiger partial charge in [-0.3, -0.25) is 4.79 Å². The van der Waals surface area contributed by atoms with E-state index in [1.54, 1.807) is 5.57 Å². The Morgan fingerprint density at radius 3 is 2.43 bits per heavy atom. The minimum atomic E-state index is -1.21. The molecule has 0 unspecified atom stereocenters. The molecule has 8 nitrogen and oxygen atoms in total. The number of hydrogen-bond acceptors (Lipinski definition) is 9. The molecule has 2 heterocycles. The van der Waals surface area contributed by atoms with E-state index < -0.39 is 46.6 Å². The van der Waals surface area contributed by atoms with Crippen LogP contribution < -0.4 is 5.32 Å². The minimum absolute atomic E-state index is 0.0139. The first-order valence-corrected chi connectivity index (χ1v) is 24.7. The van der Waals surface area contributed by atoms with Gasteiger partial charge in [-0.25, -0.2) is 4.98 Å². The molecule has 2 bridgehead atoms. The van der Waals surface area contributed by atoms with E-state index in [1.165, 1.54) is 50.5 Å². The molecule has 1 spiro atoms. The van der Waals surface area contributed by atoms with Crippen LogP contribution in [0.4, 0.5) is 0 Å². The van der Waals surface area contributed by atoms with Crippen molar-refractivity contribution >= 4 is 27.4 Å². The van der Waals surface area contributed by atoms with Gasteiger partial charge >= 0.3 is 0 Å². The highest BCUT2D eigenvalue weighted by molar-refractivity contribution is 8.76. The predicted molar refractivity (Wildman–Crippen MR) is 227 cm³/mol. The average molecular weight is 810 g/mol. The van der Waals surface area contributed by atoms with E-state index in [2.05, 4.69) is 55.7 Å².